The van der Waals surface area contributed by atoms with Crippen LogP contribution in [0.5, 0.6) is 0 Å². The van der Waals surface area contributed by atoms with Gasteiger partial charge in [0, 0.05) is 33.5 Å². The van der Waals surface area contributed by atoms with E-state index in [9.17, 15) is 0 Å². The molecule has 244 valence electrons. The van der Waals surface area contributed by atoms with Gasteiger partial charge in [-0.3, -0.25) is 0 Å². The number of rotatable bonds is 6. The lowest BCUT2D eigenvalue weighted by atomic mass is 9.98. The van der Waals surface area contributed by atoms with Gasteiger partial charge in [0.25, 0.3) is 0 Å². The van der Waals surface area contributed by atoms with Gasteiger partial charge in [-0.25, -0.2) is 0 Å². The number of para-hydroxylation sites is 1. The number of hydrogen-bond acceptors (Lipinski definition) is 1. The Morgan fingerprint density at radius 1 is 0.308 bits per heavy atom. The van der Waals surface area contributed by atoms with Gasteiger partial charge in [-0.05, 0) is 111 Å². The standard InChI is InChI=1S/C50H34N2/c1-2-11-35(12-3-1)36-21-25-41(26-22-36)51(42-27-23-38(24-28-42)46-19-10-16-37-13-6-7-17-45(37)46)43-29-31-44(32-30-43)52-49-20-9-8-18-47(49)48-33-39-14-4-5-15-40(39)34-50(48)52/h1-34H. The van der Waals surface area contributed by atoms with E-state index in [4.69, 9.17) is 0 Å². The largest absolute Gasteiger partial charge is 0.311 e. The van der Waals surface area contributed by atoms with Gasteiger partial charge in [0.1, 0.15) is 0 Å². The van der Waals surface area contributed by atoms with Crippen molar-refractivity contribution in [3.05, 3.63) is 206 Å². The van der Waals surface area contributed by atoms with Crippen LogP contribution in [0.3, 0.4) is 0 Å². The lowest BCUT2D eigenvalue weighted by Crippen LogP contribution is -2.10. The van der Waals surface area contributed by atoms with Crippen LogP contribution in [0.25, 0.3) is 71.3 Å². The summed E-state index contributed by atoms with van der Waals surface area (Å²) < 4.78 is 2.40. The average molecular weight is 663 g/mol. The Morgan fingerprint density at radius 2 is 0.827 bits per heavy atom. The van der Waals surface area contributed by atoms with Crippen molar-refractivity contribution in [2.75, 3.05) is 4.90 Å². The van der Waals surface area contributed by atoms with Crippen LogP contribution < -0.4 is 4.90 Å². The van der Waals surface area contributed by atoms with Crippen LogP contribution >= 0.6 is 0 Å². The van der Waals surface area contributed by atoms with Crippen LogP contribution in [0.2, 0.25) is 0 Å². The van der Waals surface area contributed by atoms with Crippen molar-refractivity contribution in [2.24, 2.45) is 0 Å². The van der Waals surface area contributed by atoms with Crippen LogP contribution in [-0.2, 0) is 0 Å². The van der Waals surface area contributed by atoms with E-state index in [1.54, 1.807) is 0 Å². The summed E-state index contributed by atoms with van der Waals surface area (Å²) in [7, 11) is 0. The molecule has 0 radical (unpaired) electrons. The van der Waals surface area contributed by atoms with Crippen molar-refractivity contribution in [1.29, 1.82) is 0 Å². The molecule has 0 unspecified atom stereocenters. The molecular weight excluding hydrogens is 629 g/mol. The van der Waals surface area contributed by atoms with E-state index in [0.29, 0.717) is 0 Å². The fraction of sp³-hybridized carbons (Fsp3) is 0. The molecule has 10 aromatic rings. The highest BCUT2D eigenvalue weighted by Gasteiger charge is 2.17. The van der Waals surface area contributed by atoms with Gasteiger partial charge in [-0.15, -0.1) is 0 Å². The molecule has 52 heavy (non-hydrogen) atoms. The summed E-state index contributed by atoms with van der Waals surface area (Å²) in [6.45, 7) is 0. The Kier molecular flexibility index (Phi) is 7.18. The molecule has 2 heteroatoms. The molecule has 1 aromatic heterocycles. The Hall–Kier alpha value is -6.90. The SMILES string of the molecule is c1ccc(-c2ccc(N(c3ccc(-c4cccc5ccccc45)cc3)c3ccc(-n4c5ccccc5c5cc6ccccc6cc54)cc3)cc2)cc1. The summed E-state index contributed by atoms with van der Waals surface area (Å²) in [4.78, 5) is 2.35. The number of nitrogens with zero attached hydrogens (tertiary/aromatic N) is 2. The van der Waals surface area contributed by atoms with Crippen molar-refractivity contribution in [3.63, 3.8) is 0 Å². The van der Waals surface area contributed by atoms with Gasteiger partial charge in [0.05, 0.1) is 11.0 Å². The summed E-state index contributed by atoms with van der Waals surface area (Å²) >= 11 is 0. The third-order valence-electron chi connectivity index (χ3n) is 10.4. The molecule has 0 aliphatic rings. The summed E-state index contributed by atoms with van der Waals surface area (Å²) in [5.41, 5.74) is 11.7. The lowest BCUT2D eigenvalue weighted by Gasteiger charge is -2.26. The highest BCUT2D eigenvalue weighted by atomic mass is 15.1. The third-order valence-corrected chi connectivity index (χ3v) is 10.4. The molecule has 9 aromatic carbocycles. The first-order valence-electron chi connectivity index (χ1n) is 17.8. The summed E-state index contributed by atoms with van der Waals surface area (Å²) in [5, 5.41) is 7.55. The van der Waals surface area contributed by atoms with E-state index in [1.165, 1.54) is 65.6 Å². The van der Waals surface area contributed by atoms with Crippen LogP contribution in [0.15, 0.2) is 206 Å². The zero-order valence-electron chi connectivity index (χ0n) is 28.5. The maximum Gasteiger partial charge on any atom is 0.0547 e. The number of benzene rings is 9. The number of fused-ring (bicyclic) bond motifs is 5. The molecule has 0 atom stereocenters. The second-order valence-corrected chi connectivity index (χ2v) is 13.4. The second kappa shape index (κ2) is 12.5. The smallest absolute Gasteiger partial charge is 0.0547 e. The highest BCUT2D eigenvalue weighted by molar-refractivity contribution is 6.13. The summed E-state index contributed by atoms with van der Waals surface area (Å²) in [6.07, 6.45) is 0. The summed E-state index contributed by atoms with van der Waals surface area (Å²) in [6, 6.07) is 74.6. The van der Waals surface area contributed by atoms with E-state index in [1.807, 2.05) is 0 Å². The molecule has 0 saturated heterocycles. The van der Waals surface area contributed by atoms with E-state index < -0.39 is 0 Å². The maximum absolute atomic E-state index is 2.40. The highest BCUT2D eigenvalue weighted by Crippen LogP contribution is 2.40. The first kappa shape index (κ1) is 30.0. The molecule has 0 saturated carbocycles. The second-order valence-electron chi connectivity index (χ2n) is 13.4. The fourth-order valence-corrected chi connectivity index (χ4v) is 7.83. The molecule has 0 aliphatic heterocycles. The van der Waals surface area contributed by atoms with Crippen molar-refractivity contribution in [1.82, 2.24) is 4.57 Å². The normalized spacial score (nSPS) is 11.5. The van der Waals surface area contributed by atoms with Gasteiger partial charge >= 0.3 is 0 Å². The average Bonchev–Trinajstić information content (AvgIpc) is 3.54. The summed E-state index contributed by atoms with van der Waals surface area (Å²) in [5.74, 6) is 0. The molecule has 0 N–H and O–H groups in total. The zero-order valence-corrected chi connectivity index (χ0v) is 28.5. The first-order chi connectivity index (χ1) is 25.8. The fourth-order valence-electron chi connectivity index (χ4n) is 7.83. The topological polar surface area (TPSA) is 8.17 Å². The van der Waals surface area contributed by atoms with Crippen LogP contribution in [0, 0.1) is 0 Å². The number of anilines is 3. The molecule has 2 nitrogen and oxygen atoms in total. The molecule has 0 fully saturated rings. The molecule has 0 amide bonds. The van der Waals surface area contributed by atoms with Crippen molar-refractivity contribution < 1.29 is 0 Å². The van der Waals surface area contributed by atoms with Crippen LogP contribution in [-0.4, -0.2) is 4.57 Å². The van der Waals surface area contributed by atoms with Crippen molar-refractivity contribution >= 4 is 60.4 Å². The lowest BCUT2D eigenvalue weighted by molar-refractivity contribution is 1.17. The Morgan fingerprint density at radius 3 is 1.54 bits per heavy atom. The van der Waals surface area contributed by atoms with Crippen molar-refractivity contribution in [2.45, 2.75) is 0 Å². The Labute approximate surface area is 303 Å². The molecule has 0 bridgehead atoms. The minimum atomic E-state index is 1.10. The molecule has 0 spiro atoms. The maximum atomic E-state index is 2.40. The number of aromatic nitrogens is 1. The van der Waals surface area contributed by atoms with E-state index in [-0.39, 0.29) is 0 Å². The first-order valence-corrected chi connectivity index (χ1v) is 17.8. The molecule has 10 rings (SSSR count). The van der Waals surface area contributed by atoms with Gasteiger partial charge in [-0.1, -0.05) is 140 Å². The minimum absolute atomic E-state index is 1.10. The van der Waals surface area contributed by atoms with Crippen LogP contribution in [0.4, 0.5) is 17.1 Å². The molecular formula is C50H34N2. The monoisotopic (exact) mass is 662 g/mol. The molecule has 0 aliphatic carbocycles. The van der Waals surface area contributed by atoms with Gasteiger partial charge in [-0.2, -0.15) is 0 Å². The van der Waals surface area contributed by atoms with Gasteiger partial charge in [0.2, 0.25) is 0 Å². The Balaban J connectivity index is 1.09. The van der Waals surface area contributed by atoms with Gasteiger partial charge < -0.3 is 9.47 Å². The third kappa shape index (κ3) is 5.12. The predicted molar refractivity (Wildman–Crippen MR) is 221 cm³/mol. The number of hydrogen-bond donors (Lipinski definition) is 0. The minimum Gasteiger partial charge on any atom is -0.311 e. The predicted octanol–water partition coefficient (Wildman–Crippen LogP) is 13.9. The van der Waals surface area contributed by atoms with Gasteiger partial charge in [0.15, 0.2) is 0 Å². The Bertz CT molecular complexity index is 2860. The molecule has 1 heterocycles. The van der Waals surface area contributed by atoms with Crippen LogP contribution in [0.1, 0.15) is 0 Å². The van der Waals surface area contributed by atoms with E-state index >= 15 is 0 Å². The quantitative estimate of drug-likeness (QED) is 0.172. The van der Waals surface area contributed by atoms with E-state index in [2.05, 4.69) is 216 Å². The zero-order chi connectivity index (χ0) is 34.4. The van der Waals surface area contributed by atoms with E-state index in [0.717, 1.165) is 22.7 Å². The van der Waals surface area contributed by atoms with Crippen molar-refractivity contribution in [3.8, 4) is 27.9 Å².